The molecule has 0 N–H and O–H groups in total. The maximum Gasteiger partial charge on any atom is 0.416 e. The van der Waals surface area contributed by atoms with Crippen molar-refractivity contribution in [2.45, 2.75) is 26.2 Å². The lowest BCUT2D eigenvalue weighted by atomic mass is 9.24. The molecule has 0 amide bonds. The Morgan fingerprint density at radius 2 is 1.27 bits per heavy atom. The molecular formula is C23H16BF6NS2. The molecule has 2 aromatic heterocycles. The topological polar surface area (TPSA) is 3.88 Å². The maximum absolute atomic E-state index is 13.8. The first-order valence-electron chi connectivity index (χ1n) is 10.0. The minimum atomic E-state index is -4.58. The van der Waals surface area contributed by atoms with E-state index in [-0.39, 0.29) is 0 Å². The summed E-state index contributed by atoms with van der Waals surface area (Å²) >= 11 is 2.86. The summed E-state index contributed by atoms with van der Waals surface area (Å²) in [4.78, 5) is 0.870. The molecule has 3 heterocycles. The Morgan fingerprint density at radius 3 is 1.79 bits per heavy atom. The molecule has 1 aliphatic heterocycles. The van der Waals surface area contributed by atoms with Crippen molar-refractivity contribution in [2.75, 3.05) is 0 Å². The summed E-state index contributed by atoms with van der Waals surface area (Å²) < 4.78 is 84.5. The molecule has 0 spiro atoms. The first kappa shape index (κ1) is 22.2. The predicted octanol–water partition coefficient (Wildman–Crippen LogP) is 5.25. The summed E-state index contributed by atoms with van der Waals surface area (Å²) in [5.41, 5.74) is 0.568. The summed E-state index contributed by atoms with van der Waals surface area (Å²) in [6.07, 6.45) is -9.71. The number of alkyl halides is 6. The van der Waals surface area contributed by atoms with Gasteiger partial charge < -0.3 is 4.48 Å². The van der Waals surface area contributed by atoms with Crippen LogP contribution in [0.5, 0.6) is 0 Å². The highest BCUT2D eigenvalue weighted by Crippen LogP contribution is 2.35. The maximum atomic E-state index is 13.8. The van der Waals surface area contributed by atoms with Crippen LogP contribution in [-0.4, -0.2) is 6.28 Å². The quantitative estimate of drug-likeness (QED) is 0.233. The van der Waals surface area contributed by atoms with Gasteiger partial charge in [0.1, 0.15) is 6.20 Å². The number of hydrogen-bond donors (Lipinski definition) is 0. The van der Waals surface area contributed by atoms with Gasteiger partial charge in [0.2, 0.25) is 5.01 Å². The second-order valence-corrected chi connectivity index (χ2v) is 10.2. The molecule has 0 bridgehead atoms. The van der Waals surface area contributed by atoms with Gasteiger partial charge in [-0.2, -0.15) is 26.3 Å². The van der Waals surface area contributed by atoms with E-state index in [0.717, 1.165) is 39.6 Å². The van der Waals surface area contributed by atoms with Crippen LogP contribution in [0, 0.1) is 13.8 Å². The van der Waals surface area contributed by atoms with Crippen LogP contribution >= 0.6 is 22.7 Å². The van der Waals surface area contributed by atoms with E-state index in [0.29, 0.717) is 22.1 Å². The van der Waals surface area contributed by atoms with Crippen LogP contribution in [-0.2, 0) is 12.4 Å². The van der Waals surface area contributed by atoms with E-state index in [1.807, 2.05) is 21.3 Å². The molecule has 1 nitrogen and oxygen atoms in total. The second-order valence-electron chi connectivity index (χ2n) is 8.40. The second kappa shape index (κ2) is 7.20. The van der Waals surface area contributed by atoms with Crippen LogP contribution < -0.4 is 20.9 Å². The third-order valence-corrected chi connectivity index (χ3v) is 8.17. The van der Waals surface area contributed by atoms with E-state index in [2.05, 4.69) is 0 Å². The summed E-state index contributed by atoms with van der Waals surface area (Å²) in [6.45, 7) is 3.14. The normalized spacial score (nSPS) is 14.9. The van der Waals surface area contributed by atoms with Crippen molar-refractivity contribution < 1.29 is 30.8 Å². The number of benzene rings is 2. The highest BCUT2D eigenvalue weighted by atomic mass is 32.1. The van der Waals surface area contributed by atoms with Gasteiger partial charge in [0.25, 0.3) is 0 Å². The van der Waals surface area contributed by atoms with Crippen molar-refractivity contribution in [1.29, 1.82) is 0 Å². The Kier molecular flexibility index (Phi) is 4.85. The van der Waals surface area contributed by atoms with Gasteiger partial charge in [-0.15, -0.1) is 27.7 Å². The first-order valence-corrected chi connectivity index (χ1v) is 11.8. The Bertz CT molecular complexity index is 1280. The third-order valence-electron chi connectivity index (χ3n) is 6.21. The lowest BCUT2D eigenvalue weighted by Gasteiger charge is -2.33. The summed E-state index contributed by atoms with van der Waals surface area (Å²) in [7, 11) is 0. The zero-order valence-corrected chi connectivity index (χ0v) is 19.0. The Hall–Kier alpha value is -2.59. The molecule has 0 saturated carbocycles. The number of hydrogen-bond acceptors (Lipinski definition) is 2. The fourth-order valence-electron chi connectivity index (χ4n) is 5.04. The number of thiazole rings is 1. The minimum absolute atomic E-state index is 0.336. The molecule has 33 heavy (non-hydrogen) atoms. The smallest absolute Gasteiger partial charge is 0.397 e. The van der Waals surface area contributed by atoms with Crippen molar-refractivity contribution in [1.82, 2.24) is 0 Å². The van der Waals surface area contributed by atoms with Crippen molar-refractivity contribution in [2.24, 2.45) is 0 Å². The van der Waals surface area contributed by atoms with Crippen molar-refractivity contribution in [3.8, 4) is 9.88 Å². The minimum Gasteiger partial charge on any atom is -0.397 e. The Balaban J connectivity index is 1.93. The van der Waals surface area contributed by atoms with E-state index >= 15 is 0 Å². The van der Waals surface area contributed by atoms with E-state index < -0.39 is 29.8 Å². The number of rotatable bonds is 2. The predicted molar refractivity (Wildman–Crippen MR) is 120 cm³/mol. The summed E-state index contributed by atoms with van der Waals surface area (Å²) in [6, 6.07) is 9.44. The van der Waals surface area contributed by atoms with Crippen molar-refractivity contribution in [3.05, 3.63) is 81.7 Å². The highest BCUT2D eigenvalue weighted by molar-refractivity contribution is 7.24. The lowest BCUT2D eigenvalue weighted by Crippen LogP contribution is -2.82. The van der Waals surface area contributed by atoms with Crippen LogP contribution in [0.3, 0.4) is 0 Å². The van der Waals surface area contributed by atoms with E-state index in [4.69, 9.17) is 0 Å². The number of halogens is 6. The average molecular weight is 495 g/mol. The third kappa shape index (κ3) is 3.34. The van der Waals surface area contributed by atoms with Crippen molar-refractivity contribution >= 4 is 45.3 Å². The first-order chi connectivity index (χ1) is 15.4. The molecule has 0 atom stereocenters. The van der Waals surface area contributed by atoms with Crippen LogP contribution in [0.1, 0.15) is 22.3 Å². The number of thiophene rings is 1. The van der Waals surface area contributed by atoms with Crippen LogP contribution in [0.15, 0.2) is 59.4 Å². The molecule has 0 fully saturated rings. The molecule has 5 rings (SSSR count). The molecule has 0 saturated heterocycles. The summed E-state index contributed by atoms with van der Waals surface area (Å²) in [5, 5.41) is 4.48. The summed E-state index contributed by atoms with van der Waals surface area (Å²) in [5.74, 6) is 0. The fourth-order valence-corrected chi connectivity index (χ4v) is 7.15. The molecule has 4 aromatic rings. The van der Waals surface area contributed by atoms with Gasteiger partial charge in [-0.05, 0) is 31.4 Å². The molecule has 0 aliphatic carbocycles. The number of aromatic nitrogens is 1. The SMILES string of the molecule is Cc1cc([B-]2(c3cc(C)cc(C(F)(F)F)c3)c3ccsc3-c3scc[n+]32)cc(C(F)(F)F)c1. The largest absolute Gasteiger partial charge is 0.416 e. The number of aryl methyl sites for hydroxylation is 2. The fraction of sp³-hybridized carbons (Fsp3) is 0.174. The molecule has 1 aliphatic rings. The lowest BCUT2D eigenvalue weighted by molar-refractivity contribution is -0.518. The molecule has 10 heteroatoms. The van der Waals surface area contributed by atoms with Gasteiger partial charge in [0.15, 0.2) is 0 Å². The van der Waals surface area contributed by atoms with Gasteiger partial charge in [0, 0.05) is 0 Å². The number of fused-ring (bicyclic) bond motifs is 3. The van der Waals surface area contributed by atoms with Crippen LogP contribution in [0.2, 0.25) is 0 Å². The van der Waals surface area contributed by atoms with Gasteiger partial charge >= 0.3 is 18.6 Å². The Morgan fingerprint density at radius 1 is 0.727 bits per heavy atom. The van der Waals surface area contributed by atoms with Gasteiger partial charge in [-0.25, -0.2) is 0 Å². The molecular weight excluding hydrogens is 479 g/mol. The zero-order valence-electron chi connectivity index (χ0n) is 17.4. The van der Waals surface area contributed by atoms with Gasteiger partial charge in [0.05, 0.1) is 21.4 Å². The standard InChI is InChI=1S/C23H16BF6NS2/c1-13-7-15(22(25,26)27)11-17(9-13)24(18-10-14(2)8-16(12-18)23(28,29)30)19-3-5-32-20(19)21-31(24)4-6-33-21/h3-12H,1-2H3. The van der Waals surface area contributed by atoms with Crippen LogP contribution in [0.4, 0.5) is 26.3 Å². The average Bonchev–Trinajstić information content (AvgIpc) is 3.40. The molecule has 0 radical (unpaired) electrons. The van der Waals surface area contributed by atoms with Crippen molar-refractivity contribution in [3.63, 3.8) is 0 Å². The van der Waals surface area contributed by atoms with E-state index in [1.165, 1.54) is 22.7 Å². The Labute approximate surface area is 193 Å². The van der Waals surface area contributed by atoms with E-state index in [9.17, 15) is 26.3 Å². The molecule has 170 valence electrons. The molecule has 2 aromatic carbocycles. The van der Waals surface area contributed by atoms with Crippen LogP contribution in [0.25, 0.3) is 9.88 Å². The monoisotopic (exact) mass is 495 g/mol. The number of nitrogens with zero attached hydrogens (tertiary/aromatic N) is 1. The molecule has 0 unspecified atom stereocenters. The van der Waals surface area contributed by atoms with Gasteiger partial charge in [-0.3, -0.25) is 0 Å². The zero-order chi connectivity index (χ0) is 23.8. The highest BCUT2D eigenvalue weighted by Gasteiger charge is 2.52. The van der Waals surface area contributed by atoms with E-state index in [1.54, 1.807) is 32.2 Å². The van der Waals surface area contributed by atoms with Gasteiger partial charge in [-0.1, -0.05) is 52.8 Å².